The molecule has 1 aliphatic carbocycles. The Morgan fingerprint density at radius 3 is 2.48 bits per heavy atom. The van der Waals surface area contributed by atoms with E-state index in [0.29, 0.717) is 13.1 Å². The Balaban J connectivity index is 2.11. The average Bonchev–Trinajstić information content (AvgIpc) is 2.50. The van der Waals surface area contributed by atoms with Crippen LogP contribution in [0.5, 0.6) is 0 Å². The molecule has 2 N–H and O–H groups in total. The summed E-state index contributed by atoms with van der Waals surface area (Å²) in [6.45, 7) is 5.35. The lowest BCUT2D eigenvalue weighted by Crippen LogP contribution is -2.47. The highest BCUT2D eigenvalue weighted by Crippen LogP contribution is 2.37. The molecule has 21 heavy (non-hydrogen) atoms. The smallest absolute Gasteiger partial charge is 0.230 e. The van der Waals surface area contributed by atoms with Crippen molar-refractivity contribution in [3.8, 4) is 0 Å². The SMILES string of the molecule is Cc1ccc(CN(C)C(=O)C2(CN)CCCCC2)c(C)c1. The van der Waals surface area contributed by atoms with E-state index in [9.17, 15) is 4.79 Å². The Bertz CT molecular complexity index is 504. The molecule has 3 nitrogen and oxygen atoms in total. The third-order valence-electron chi connectivity index (χ3n) is 4.91. The number of nitrogens with two attached hydrogens (primary N) is 1. The number of benzene rings is 1. The van der Waals surface area contributed by atoms with Crippen molar-refractivity contribution in [2.75, 3.05) is 13.6 Å². The van der Waals surface area contributed by atoms with Crippen LogP contribution < -0.4 is 5.73 Å². The van der Waals surface area contributed by atoms with E-state index in [1.165, 1.54) is 23.1 Å². The molecule has 0 heterocycles. The van der Waals surface area contributed by atoms with Crippen LogP contribution in [0.3, 0.4) is 0 Å². The number of hydrogen-bond acceptors (Lipinski definition) is 2. The highest BCUT2D eigenvalue weighted by molar-refractivity contribution is 5.83. The first-order valence-electron chi connectivity index (χ1n) is 8.00. The maximum absolute atomic E-state index is 12.9. The normalized spacial score (nSPS) is 17.5. The second-order valence-electron chi connectivity index (χ2n) is 6.64. The van der Waals surface area contributed by atoms with Crippen LogP contribution in [-0.2, 0) is 11.3 Å². The molecule has 1 aliphatic rings. The Morgan fingerprint density at radius 1 is 1.24 bits per heavy atom. The van der Waals surface area contributed by atoms with Crippen molar-refractivity contribution in [2.24, 2.45) is 11.1 Å². The number of carbonyl (C=O) groups excluding carboxylic acids is 1. The van der Waals surface area contributed by atoms with Crippen LogP contribution in [0, 0.1) is 19.3 Å². The van der Waals surface area contributed by atoms with Crippen LogP contribution in [0.15, 0.2) is 18.2 Å². The fraction of sp³-hybridized carbons (Fsp3) is 0.611. The van der Waals surface area contributed by atoms with Gasteiger partial charge in [-0.25, -0.2) is 0 Å². The zero-order chi connectivity index (χ0) is 15.5. The van der Waals surface area contributed by atoms with Gasteiger partial charge in [-0.2, -0.15) is 0 Å². The molecule has 1 aromatic carbocycles. The molecule has 1 fully saturated rings. The molecule has 0 spiro atoms. The summed E-state index contributed by atoms with van der Waals surface area (Å²) in [5.41, 5.74) is 9.39. The third kappa shape index (κ3) is 3.46. The minimum Gasteiger partial charge on any atom is -0.341 e. The highest BCUT2D eigenvalue weighted by atomic mass is 16.2. The molecular formula is C18H28N2O. The van der Waals surface area contributed by atoms with Crippen molar-refractivity contribution in [3.05, 3.63) is 34.9 Å². The first-order valence-corrected chi connectivity index (χ1v) is 8.00. The van der Waals surface area contributed by atoms with Gasteiger partial charge in [0.15, 0.2) is 0 Å². The number of nitrogens with zero attached hydrogens (tertiary/aromatic N) is 1. The summed E-state index contributed by atoms with van der Waals surface area (Å²) in [7, 11) is 1.91. The largest absolute Gasteiger partial charge is 0.341 e. The van der Waals surface area contributed by atoms with Gasteiger partial charge >= 0.3 is 0 Å². The quantitative estimate of drug-likeness (QED) is 0.925. The van der Waals surface area contributed by atoms with E-state index in [2.05, 4.69) is 32.0 Å². The summed E-state index contributed by atoms with van der Waals surface area (Å²) in [6, 6.07) is 6.41. The van der Waals surface area contributed by atoms with Gasteiger partial charge in [0, 0.05) is 20.1 Å². The van der Waals surface area contributed by atoms with Gasteiger partial charge in [-0.3, -0.25) is 4.79 Å². The van der Waals surface area contributed by atoms with Crippen molar-refractivity contribution in [3.63, 3.8) is 0 Å². The molecule has 0 atom stereocenters. The zero-order valence-electron chi connectivity index (χ0n) is 13.6. The minimum atomic E-state index is -0.314. The van der Waals surface area contributed by atoms with Crippen LogP contribution in [0.25, 0.3) is 0 Å². The van der Waals surface area contributed by atoms with E-state index < -0.39 is 0 Å². The fourth-order valence-electron chi connectivity index (χ4n) is 3.49. The molecule has 3 heteroatoms. The third-order valence-corrected chi connectivity index (χ3v) is 4.91. The van der Waals surface area contributed by atoms with Crippen molar-refractivity contribution >= 4 is 5.91 Å². The van der Waals surface area contributed by atoms with Gasteiger partial charge in [0.25, 0.3) is 0 Å². The van der Waals surface area contributed by atoms with Crippen molar-refractivity contribution in [1.82, 2.24) is 4.90 Å². The molecule has 2 rings (SSSR count). The average molecular weight is 288 g/mol. The fourth-order valence-corrected chi connectivity index (χ4v) is 3.49. The maximum atomic E-state index is 12.9. The maximum Gasteiger partial charge on any atom is 0.230 e. The predicted molar refractivity (Wildman–Crippen MR) is 87.0 cm³/mol. The van der Waals surface area contributed by atoms with E-state index in [0.717, 1.165) is 25.7 Å². The van der Waals surface area contributed by atoms with E-state index in [4.69, 9.17) is 5.73 Å². The lowest BCUT2D eigenvalue weighted by molar-refractivity contribution is -0.142. The Hall–Kier alpha value is -1.35. The molecule has 0 bridgehead atoms. The first kappa shape index (κ1) is 16.0. The second-order valence-corrected chi connectivity index (χ2v) is 6.64. The molecule has 0 radical (unpaired) electrons. The molecule has 1 amide bonds. The summed E-state index contributed by atoms with van der Waals surface area (Å²) in [5.74, 6) is 0.227. The van der Waals surface area contributed by atoms with Crippen LogP contribution in [0.1, 0.15) is 48.8 Å². The molecule has 1 aromatic rings. The molecule has 0 saturated heterocycles. The topological polar surface area (TPSA) is 46.3 Å². The predicted octanol–water partition coefficient (Wildman–Crippen LogP) is 3.17. The monoisotopic (exact) mass is 288 g/mol. The minimum absolute atomic E-state index is 0.227. The number of carbonyl (C=O) groups is 1. The number of hydrogen-bond donors (Lipinski definition) is 1. The van der Waals surface area contributed by atoms with Gasteiger partial charge in [0.05, 0.1) is 5.41 Å². The molecule has 0 unspecified atom stereocenters. The Kier molecular flexibility index (Phi) is 5.04. The molecule has 0 aliphatic heterocycles. The van der Waals surface area contributed by atoms with E-state index in [1.54, 1.807) is 0 Å². The van der Waals surface area contributed by atoms with Crippen LogP contribution in [0.2, 0.25) is 0 Å². The van der Waals surface area contributed by atoms with Crippen LogP contribution in [-0.4, -0.2) is 24.4 Å². The molecule has 0 aromatic heterocycles. The van der Waals surface area contributed by atoms with Gasteiger partial charge in [0.1, 0.15) is 0 Å². The first-order chi connectivity index (χ1) is 9.98. The summed E-state index contributed by atoms with van der Waals surface area (Å²) < 4.78 is 0. The second kappa shape index (κ2) is 6.61. The molecule has 116 valence electrons. The molecular weight excluding hydrogens is 260 g/mol. The molecule has 1 saturated carbocycles. The van der Waals surface area contributed by atoms with Crippen molar-refractivity contribution < 1.29 is 4.79 Å². The number of rotatable bonds is 4. The van der Waals surface area contributed by atoms with Gasteiger partial charge in [-0.05, 0) is 37.8 Å². The van der Waals surface area contributed by atoms with E-state index in [1.807, 2.05) is 11.9 Å². The van der Waals surface area contributed by atoms with Gasteiger partial charge in [-0.15, -0.1) is 0 Å². The van der Waals surface area contributed by atoms with Crippen molar-refractivity contribution in [2.45, 2.75) is 52.5 Å². The Morgan fingerprint density at radius 2 is 1.90 bits per heavy atom. The summed E-state index contributed by atoms with van der Waals surface area (Å²) in [4.78, 5) is 14.8. The highest BCUT2D eigenvalue weighted by Gasteiger charge is 2.39. The van der Waals surface area contributed by atoms with Gasteiger partial charge < -0.3 is 10.6 Å². The van der Waals surface area contributed by atoms with Gasteiger partial charge in [0.2, 0.25) is 5.91 Å². The van der Waals surface area contributed by atoms with Crippen LogP contribution in [0.4, 0.5) is 0 Å². The van der Waals surface area contributed by atoms with E-state index >= 15 is 0 Å². The summed E-state index contributed by atoms with van der Waals surface area (Å²) >= 11 is 0. The summed E-state index contributed by atoms with van der Waals surface area (Å²) in [6.07, 6.45) is 5.37. The Labute approximate surface area is 128 Å². The van der Waals surface area contributed by atoms with E-state index in [-0.39, 0.29) is 11.3 Å². The van der Waals surface area contributed by atoms with Crippen molar-refractivity contribution in [1.29, 1.82) is 0 Å². The number of aryl methyl sites for hydroxylation is 2. The van der Waals surface area contributed by atoms with Crippen LogP contribution >= 0.6 is 0 Å². The summed E-state index contributed by atoms with van der Waals surface area (Å²) in [5, 5.41) is 0. The lowest BCUT2D eigenvalue weighted by Gasteiger charge is -2.38. The zero-order valence-corrected chi connectivity index (χ0v) is 13.6. The standard InChI is InChI=1S/C18H28N2O/c1-14-7-8-16(15(2)11-14)12-20(3)17(21)18(13-19)9-5-4-6-10-18/h7-8,11H,4-6,9-10,12-13,19H2,1-3H3. The van der Waals surface area contributed by atoms with Gasteiger partial charge in [-0.1, -0.05) is 43.0 Å². The lowest BCUT2D eigenvalue weighted by atomic mass is 9.73. The number of amides is 1.